The number of aliphatic hydroxyl groups is 1. The molecule has 2 amide bonds. The minimum atomic E-state index is -1.19. The van der Waals surface area contributed by atoms with Crippen LogP contribution < -0.4 is 11.1 Å². The van der Waals surface area contributed by atoms with Crippen LogP contribution in [0.25, 0.3) is 0 Å². The molecular weight excluding hydrogens is 356 g/mol. The molecule has 0 aliphatic carbocycles. The number of carbonyl (C=O) groups excluding carboxylic acids is 3. The minimum absolute atomic E-state index is 0.0938. The Labute approximate surface area is 164 Å². The third kappa shape index (κ3) is 6.03. The lowest BCUT2D eigenvalue weighted by molar-refractivity contribution is -0.133. The Morgan fingerprint density at radius 3 is 2.07 bits per heavy atom. The normalized spacial score (nSPS) is 13.0. The van der Waals surface area contributed by atoms with E-state index in [1.807, 2.05) is 19.9 Å². The molecule has 4 N–H and O–H groups in total. The maximum absolute atomic E-state index is 12.4. The van der Waals surface area contributed by atoms with E-state index in [1.54, 1.807) is 48.5 Å². The first-order chi connectivity index (χ1) is 13.3. The standard InChI is InChI=1S/C22H26N2O4/c1-14(2)12-19(25)22(28)24-18(21(23)27)13-15-8-10-17(11-9-15)20(26)16-6-4-3-5-7-16/h3-11,14,18-19,25H,12-13H2,1-2H3,(H2,23,27)(H,24,28)/t18-,19-/m1/s1. The Hall–Kier alpha value is -2.99. The summed E-state index contributed by atoms with van der Waals surface area (Å²) in [5, 5.41) is 12.4. The van der Waals surface area contributed by atoms with E-state index in [1.165, 1.54) is 0 Å². The lowest BCUT2D eigenvalue weighted by Gasteiger charge is -2.19. The van der Waals surface area contributed by atoms with Gasteiger partial charge in [-0.2, -0.15) is 0 Å². The summed E-state index contributed by atoms with van der Waals surface area (Å²) in [6.45, 7) is 3.78. The number of carbonyl (C=O) groups is 3. The zero-order valence-electron chi connectivity index (χ0n) is 16.1. The highest BCUT2D eigenvalue weighted by Gasteiger charge is 2.23. The third-order valence-electron chi connectivity index (χ3n) is 4.35. The van der Waals surface area contributed by atoms with E-state index in [0.717, 1.165) is 5.56 Å². The van der Waals surface area contributed by atoms with E-state index in [4.69, 9.17) is 5.73 Å². The number of nitrogens with two attached hydrogens (primary N) is 1. The van der Waals surface area contributed by atoms with Crippen LogP contribution in [-0.2, 0) is 16.0 Å². The van der Waals surface area contributed by atoms with E-state index in [-0.39, 0.29) is 18.1 Å². The highest BCUT2D eigenvalue weighted by atomic mass is 16.3. The second kappa shape index (κ2) is 9.80. The lowest BCUT2D eigenvalue weighted by atomic mass is 9.99. The summed E-state index contributed by atoms with van der Waals surface area (Å²) in [6.07, 6.45) is -0.712. The van der Waals surface area contributed by atoms with Gasteiger partial charge in [0.15, 0.2) is 5.78 Å². The second-order valence-corrected chi connectivity index (χ2v) is 7.21. The van der Waals surface area contributed by atoms with Crippen LogP contribution in [0.3, 0.4) is 0 Å². The topological polar surface area (TPSA) is 109 Å². The van der Waals surface area contributed by atoms with Gasteiger partial charge in [0.2, 0.25) is 11.8 Å². The van der Waals surface area contributed by atoms with Gasteiger partial charge in [0.25, 0.3) is 0 Å². The van der Waals surface area contributed by atoms with Crippen molar-refractivity contribution in [1.82, 2.24) is 5.32 Å². The van der Waals surface area contributed by atoms with Crippen molar-refractivity contribution in [3.8, 4) is 0 Å². The van der Waals surface area contributed by atoms with Crippen LogP contribution in [-0.4, -0.2) is 34.8 Å². The SMILES string of the molecule is CC(C)C[C@@H](O)C(=O)N[C@H](Cc1ccc(C(=O)c2ccccc2)cc1)C(N)=O. The second-order valence-electron chi connectivity index (χ2n) is 7.21. The van der Waals surface area contributed by atoms with Gasteiger partial charge in [-0.25, -0.2) is 0 Å². The molecule has 28 heavy (non-hydrogen) atoms. The van der Waals surface area contributed by atoms with Crippen LogP contribution in [0.1, 0.15) is 41.8 Å². The Balaban J connectivity index is 2.04. The summed E-state index contributed by atoms with van der Waals surface area (Å²) < 4.78 is 0. The largest absolute Gasteiger partial charge is 0.383 e. The molecule has 0 radical (unpaired) electrons. The van der Waals surface area contributed by atoms with Gasteiger partial charge in [0.1, 0.15) is 12.1 Å². The fraction of sp³-hybridized carbons (Fsp3) is 0.318. The first-order valence-electron chi connectivity index (χ1n) is 9.24. The molecule has 2 rings (SSSR count). The minimum Gasteiger partial charge on any atom is -0.383 e. The third-order valence-corrected chi connectivity index (χ3v) is 4.35. The first kappa shape index (κ1) is 21.3. The summed E-state index contributed by atoms with van der Waals surface area (Å²) in [7, 11) is 0. The van der Waals surface area contributed by atoms with E-state index >= 15 is 0 Å². The molecule has 2 atom stereocenters. The van der Waals surface area contributed by atoms with Crippen molar-refractivity contribution in [2.24, 2.45) is 11.7 Å². The number of ketones is 1. The maximum atomic E-state index is 12.4. The van der Waals surface area contributed by atoms with Crippen molar-refractivity contribution < 1.29 is 19.5 Å². The summed E-state index contributed by atoms with van der Waals surface area (Å²) in [5.74, 6) is -1.26. The van der Waals surface area contributed by atoms with Crippen molar-refractivity contribution in [2.45, 2.75) is 38.8 Å². The molecule has 0 fully saturated rings. The zero-order valence-corrected chi connectivity index (χ0v) is 16.1. The zero-order chi connectivity index (χ0) is 20.7. The fourth-order valence-electron chi connectivity index (χ4n) is 2.83. The van der Waals surface area contributed by atoms with Crippen LogP contribution in [0.15, 0.2) is 54.6 Å². The number of rotatable bonds is 9. The average Bonchev–Trinajstić information content (AvgIpc) is 2.67. The molecule has 0 aromatic heterocycles. The van der Waals surface area contributed by atoms with Crippen molar-refractivity contribution in [3.05, 3.63) is 71.3 Å². The van der Waals surface area contributed by atoms with Crippen molar-refractivity contribution in [3.63, 3.8) is 0 Å². The molecule has 0 spiro atoms. The van der Waals surface area contributed by atoms with Gasteiger partial charge in [0, 0.05) is 17.5 Å². The van der Waals surface area contributed by atoms with Gasteiger partial charge in [-0.3, -0.25) is 14.4 Å². The van der Waals surface area contributed by atoms with Crippen LogP contribution >= 0.6 is 0 Å². The Bertz CT molecular complexity index is 816. The summed E-state index contributed by atoms with van der Waals surface area (Å²) in [5.41, 5.74) is 7.27. The molecule has 2 aromatic carbocycles. The number of primary amides is 1. The maximum Gasteiger partial charge on any atom is 0.249 e. The lowest BCUT2D eigenvalue weighted by Crippen LogP contribution is -2.49. The van der Waals surface area contributed by atoms with Crippen molar-refractivity contribution in [2.75, 3.05) is 0 Å². The summed E-state index contributed by atoms with van der Waals surface area (Å²) >= 11 is 0. The number of amides is 2. The first-order valence-corrected chi connectivity index (χ1v) is 9.24. The molecule has 148 valence electrons. The van der Waals surface area contributed by atoms with Gasteiger partial charge in [-0.1, -0.05) is 68.4 Å². The molecule has 0 saturated heterocycles. The highest BCUT2D eigenvalue weighted by molar-refractivity contribution is 6.08. The van der Waals surface area contributed by atoms with E-state index in [0.29, 0.717) is 17.5 Å². The number of nitrogens with one attached hydrogen (secondary N) is 1. The van der Waals surface area contributed by atoms with Gasteiger partial charge in [-0.15, -0.1) is 0 Å². The molecule has 0 aliphatic rings. The molecule has 0 bridgehead atoms. The van der Waals surface area contributed by atoms with Crippen molar-refractivity contribution in [1.29, 1.82) is 0 Å². The Morgan fingerprint density at radius 1 is 0.964 bits per heavy atom. The number of hydrogen-bond donors (Lipinski definition) is 3. The van der Waals surface area contributed by atoms with Crippen LogP contribution in [0.2, 0.25) is 0 Å². The number of aliphatic hydroxyl groups excluding tert-OH is 1. The van der Waals surface area contributed by atoms with Gasteiger partial charge >= 0.3 is 0 Å². The van der Waals surface area contributed by atoms with Gasteiger partial charge < -0.3 is 16.2 Å². The molecule has 0 heterocycles. The molecule has 0 saturated carbocycles. The molecule has 0 aliphatic heterocycles. The van der Waals surface area contributed by atoms with Gasteiger partial charge in [-0.05, 0) is 17.9 Å². The monoisotopic (exact) mass is 382 g/mol. The van der Waals surface area contributed by atoms with Crippen LogP contribution in [0.4, 0.5) is 0 Å². The molecule has 2 aromatic rings. The Kier molecular flexibility index (Phi) is 7.46. The van der Waals surface area contributed by atoms with E-state index in [2.05, 4.69) is 5.32 Å². The summed E-state index contributed by atoms with van der Waals surface area (Å²) in [4.78, 5) is 36.2. The quantitative estimate of drug-likeness (QED) is 0.575. The molecule has 6 heteroatoms. The van der Waals surface area contributed by atoms with E-state index < -0.39 is 24.0 Å². The van der Waals surface area contributed by atoms with Crippen LogP contribution in [0.5, 0.6) is 0 Å². The predicted octanol–water partition coefficient (Wildman–Crippen LogP) is 1.84. The highest BCUT2D eigenvalue weighted by Crippen LogP contribution is 2.13. The number of hydrogen-bond acceptors (Lipinski definition) is 4. The fourth-order valence-corrected chi connectivity index (χ4v) is 2.83. The predicted molar refractivity (Wildman–Crippen MR) is 107 cm³/mol. The van der Waals surface area contributed by atoms with Crippen LogP contribution in [0, 0.1) is 5.92 Å². The molecule has 0 unspecified atom stereocenters. The van der Waals surface area contributed by atoms with E-state index in [9.17, 15) is 19.5 Å². The van der Waals surface area contributed by atoms with Crippen molar-refractivity contribution >= 4 is 17.6 Å². The molecular formula is C22H26N2O4. The molecule has 6 nitrogen and oxygen atoms in total. The number of benzene rings is 2. The summed E-state index contributed by atoms with van der Waals surface area (Å²) in [6, 6.07) is 14.8. The Morgan fingerprint density at radius 2 is 1.54 bits per heavy atom. The smallest absolute Gasteiger partial charge is 0.249 e. The van der Waals surface area contributed by atoms with Gasteiger partial charge in [0.05, 0.1) is 0 Å². The average molecular weight is 382 g/mol.